The van der Waals surface area contributed by atoms with Crippen molar-refractivity contribution < 1.29 is 9.72 Å². The highest BCUT2D eigenvalue weighted by molar-refractivity contribution is 6.08. The first kappa shape index (κ1) is 16.0. The maximum Gasteiger partial charge on any atom is 0.269 e. The Kier molecular flexibility index (Phi) is 3.77. The number of hydrogen-bond acceptors (Lipinski definition) is 3. The number of nitro benzene ring substituents is 1. The standard InChI is InChI=1S/C21H16N2O3/c24-20-21(16-6-2-1-3-7-16,18-8-4-5-9-19(18)22-20)14-15-10-12-17(13-11-15)23(25)26/h1-13H,14H2,(H,22,24)/t21-/m1/s1. The molecule has 3 aromatic rings. The summed E-state index contributed by atoms with van der Waals surface area (Å²) in [5.74, 6) is -0.0803. The molecule has 0 aromatic heterocycles. The molecule has 26 heavy (non-hydrogen) atoms. The van der Waals surface area contributed by atoms with Crippen LogP contribution in [-0.4, -0.2) is 10.8 Å². The van der Waals surface area contributed by atoms with Gasteiger partial charge in [-0.25, -0.2) is 0 Å². The van der Waals surface area contributed by atoms with Crippen molar-refractivity contribution in [1.82, 2.24) is 0 Å². The lowest BCUT2D eigenvalue weighted by Gasteiger charge is -2.28. The third-order valence-corrected chi connectivity index (χ3v) is 4.91. The van der Waals surface area contributed by atoms with E-state index in [2.05, 4.69) is 5.32 Å². The second-order valence-corrected chi connectivity index (χ2v) is 6.37. The van der Waals surface area contributed by atoms with E-state index in [4.69, 9.17) is 0 Å². The highest BCUT2D eigenvalue weighted by Crippen LogP contribution is 2.45. The topological polar surface area (TPSA) is 72.2 Å². The summed E-state index contributed by atoms with van der Waals surface area (Å²) in [6, 6.07) is 23.7. The summed E-state index contributed by atoms with van der Waals surface area (Å²) in [6.07, 6.45) is 0.428. The molecular weight excluding hydrogens is 328 g/mol. The van der Waals surface area contributed by atoms with Gasteiger partial charge in [-0.3, -0.25) is 14.9 Å². The Hall–Kier alpha value is -3.47. The van der Waals surface area contributed by atoms with Crippen LogP contribution in [0.3, 0.4) is 0 Å². The Morgan fingerprint density at radius 3 is 2.23 bits per heavy atom. The van der Waals surface area contributed by atoms with E-state index in [9.17, 15) is 14.9 Å². The maximum atomic E-state index is 13.1. The van der Waals surface area contributed by atoms with Gasteiger partial charge in [0.1, 0.15) is 5.41 Å². The fourth-order valence-corrected chi connectivity index (χ4v) is 3.64. The van der Waals surface area contributed by atoms with Gasteiger partial charge < -0.3 is 5.32 Å². The largest absolute Gasteiger partial charge is 0.325 e. The quantitative estimate of drug-likeness (QED) is 0.573. The van der Waals surface area contributed by atoms with Gasteiger partial charge in [0.25, 0.3) is 5.69 Å². The first-order valence-electron chi connectivity index (χ1n) is 8.31. The van der Waals surface area contributed by atoms with Gasteiger partial charge in [0.05, 0.1) is 4.92 Å². The van der Waals surface area contributed by atoms with E-state index in [0.29, 0.717) is 6.42 Å². The number of nitrogens with one attached hydrogen (secondary N) is 1. The van der Waals surface area contributed by atoms with Crippen LogP contribution in [0.4, 0.5) is 11.4 Å². The van der Waals surface area contributed by atoms with Crippen molar-refractivity contribution in [2.45, 2.75) is 11.8 Å². The summed E-state index contributed by atoms with van der Waals surface area (Å²) < 4.78 is 0. The number of carbonyl (C=O) groups excluding carboxylic acids is 1. The molecular formula is C21H16N2O3. The van der Waals surface area contributed by atoms with E-state index in [-0.39, 0.29) is 11.6 Å². The molecule has 128 valence electrons. The minimum Gasteiger partial charge on any atom is -0.325 e. The molecule has 4 rings (SSSR count). The molecule has 1 N–H and O–H groups in total. The predicted molar refractivity (Wildman–Crippen MR) is 99.1 cm³/mol. The lowest BCUT2D eigenvalue weighted by molar-refractivity contribution is -0.384. The summed E-state index contributed by atoms with van der Waals surface area (Å²) in [4.78, 5) is 23.6. The predicted octanol–water partition coefficient (Wildman–Crippen LogP) is 4.08. The number of para-hydroxylation sites is 1. The van der Waals surface area contributed by atoms with E-state index in [1.165, 1.54) is 12.1 Å². The van der Waals surface area contributed by atoms with Crippen LogP contribution in [0.15, 0.2) is 78.9 Å². The Balaban J connectivity index is 1.85. The summed E-state index contributed by atoms with van der Waals surface area (Å²) in [6.45, 7) is 0. The Labute approximate surface area is 150 Å². The van der Waals surface area contributed by atoms with Crippen LogP contribution in [0.5, 0.6) is 0 Å². The average molecular weight is 344 g/mol. The highest BCUT2D eigenvalue weighted by atomic mass is 16.6. The van der Waals surface area contributed by atoms with Crippen molar-refractivity contribution in [3.63, 3.8) is 0 Å². The molecule has 3 aromatic carbocycles. The van der Waals surface area contributed by atoms with E-state index in [1.54, 1.807) is 12.1 Å². The van der Waals surface area contributed by atoms with Crippen LogP contribution in [-0.2, 0) is 16.6 Å². The van der Waals surface area contributed by atoms with Gasteiger partial charge in [0.15, 0.2) is 0 Å². The van der Waals surface area contributed by atoms with E-state index < -0.39 is 10.3 Å². The first-order chi connectivity index (χ1) is 12.6. The fraction of sp³-hybridized carbons (Fsp3) is 0.0952. The lowest BCUT2D eigenvalue weighted by atomic mass is 9.71. The minimum atomic E-state index is -0.853. The molecule has 0 saturated heterocycles. The van der Waals surface area contributed by atoms with Gasteiger partial charge in [-0.05, 0) is 29.2 Å². The molecule has 5 nitrogen and oxygen atoms in total. The molecule has 1 aliphatic heterocycles. The van der Waals surface area contributed by atoms with Gasteiger partial charge in [-0.15, -0.1) is 0 Å². The molecule has 0 fully saturated rings. The second kappa shape index (κ2) is 6.11. The monoisotopic (exact) mass is 344 g/mol. The van der Waals surface area contributed by atoms with Crippen LogP contribution in [0.2, 0.25) is 0 Å². The minimum absolute atomic E-state index is 0.0405. The van der Waals surface area contributed by atoms with Crippen LogP contribution in [0, 0.1) is 10.1 Å². The average Bonchev–Trinajstić information content (AvgIpc) is 2.95. The fourth-order valence-electron chi connectivity index (χ4n) is 3.64. The van der Waals surface area contributed by atoms with Gasteiger partial charge in [-0.2, -0.15) is 0 Å². The van der Waals surface area contributed by atoms with Crippen molar-refractivity contribution in [2.24, 2.45) is 0 Å². The van der Waals surface area contributed by atoms with Crippen LogP contribution < -0.4 is 5.32 Å². The zero-order chi connectivity index (χ0) is 18.1. The molecule has 1 amide bonds. The normalized spacial score (nSPS) is 18.2. The Morgan fingerprint density at radius 2 is 1.54 bits per heavy atom. The molecule has 0 radical (unpaired) electrons. The molecule has 1 heterocycles. The van der Waals surface area contributed by atoms with Crippen molar-refractivity contribution in [3.05, 3.63) is 106 Å². The van der Waals surface area contributed by atoms with Gasteiger partial charge in [0.2, 0.25) is 5.91 Å². The number of carbonyl (C=O) groups is 1. The van der Waals surface area contributed by atoms with Crippen molar-refractivity contribution >= 4 is 17.3 Å². The molecule has 0 unspecified atom stereocenters. The number of anilines is 1. The Bertz CT molecular complexity index is 984. The molecule has 0 bridgehead atoms. The molecule has 1 aliphatic rings. The summed E-state index contributed by atoms with van der Waals surface area (Å²) in [5.41, 5.74) is 2.69. The van der Waals surface area contributed by atoms with Crippen LogP contribution in [0.25, 0.3) is 0 Å². The Morgan fingerprint density at radius 1 is 0.885 bits per heavy atom. The smallest absolute Gasteiger partial charge is 0.269 e. The number of non-ortho nitro benzene ring substituents is 1. The van der Waals surface area contributed by atoms with E-state index >= 15 is 0 Å². The summed E-state index contributed by atoms with van der Waals surface area (Å²) in [5, 5.41) is 13.9. The van der Waals surface area contributed by atoms with Crippen molar-refractivity contribution in [1.29, 1.82) is 0 Å². The zero-order valence-corrected chi connectivity index (χ0v) is 13.9. The van der Waals surface area contributed by atoms with Crippen LogP contribution >= 0.6 is 0 Å². The van der Waals surface area contributed by atoms with Crippen LogP contribution in [0.1, 0.15) is 16.7 Å². The molecule has 5 heteroatoms. The third kappa shape index (κ3) is 2.45. The lowest BCUT2D eigenvalue weighted by Crippen LogP contribution is -2.38. The van der Waals surface area contributed by atoms with Crippen molar-refractivity contribution in [3.8, 4) is 0 Å². The first-order valence-corrected chi connectivity index (χ1v) is 8.31. The number of rotatable bonds is 4. The maximum absolute atomic E-state index is 13.1. The van der Waals surface area contributed by atoms with Crippen molar-refractivity contribution in [2.75, 3.05) is 5.32 Å². The van der Waals surface area contributed by atoms with Gasteiger partial charge in [-0.1, -0.05) is 60.7 Å². The SMILES string of the molecule is O=C1Nc2ccccc2[C@@]1(Cc1ccc([N+](=O)[O-])cc1)c1ccccc1. The number of nitro groups is 1. The number of fused-ring (bicyclic) bond motifs is 1. The van der Waals surface area contributed by atoms with Gasteiger partial charge in [0, 0.05) is 17.8 Å². The highest BCUT2D eigenvalue weighted by Gasteiger charge is 2.47. The number of amides is 1. The zero-order valence-electron chi connectivity index (χ0n) is 13.9. The number of benzene rings is 3. The van der Waals surface area contributed by atoms with E-state index in [0.717, 1.165) is 22.4 Å². The summed E-state index contributed by atoms with van der Waals surface area (Å²) in [7, 11) is 0. The van der Waals surface area contributed by atoms with Gasteiger partial charge >= 0.3 is 0 Å². The van der Waals surface area contributed by atoms with E-state index in [1.807, 2.05) is 54.6 Å². The third-order valence-electron chi connectivity index (χ3n) is 4.91. The molecule has 0 spiro atoms. The molecule has 0 saturated carbocycles. The second-order valence-electron chi connectivity index (χ2n) is 6.37. The number of hydrogen-bond donors (Lipinski definition) is 1. The molecule has 0 aliphatic carbocycles. The molecule has 1 atom stereocenters. The number of nitrogens with zero attached hydrogens (tertiary/aromatic N) is 1. The summed E-state index contributed by atoms with van der Waals surface area (Å²) >= 11 is 0.